The predicted octanol–water partition coefficient (Wildman–Crippen LogP) is 1.45. The van der Waals surface area contributed by atoms with Gasteiger partial charge < -0.3 is 19.5 Å². The maximum Gasteiger partial charge on any atom is 0.343 e. The average Bonchev–Trinajstić information content (AvgIpc) is 2.98. The monoisotopic (exact) mass is 371 g/mol. The number of thioether (sulfide) groups is 1. The van der Waals surface area contributed by atoms with Crippen LogP contribution in [0.25, 0.3) is 0 Å². The SMILES string of the molecule is COC(=O)COc1c(Cl)cc(C=NN=C2NC(=O)CS2)cc1OC. The number of methoxy groups -OCH3 is 2. The van der Waals surface area contributed by atoms with Crippen LogP contribution in [0.3, 0.4) is 0 Å². The Morgan fingerprint density at radius 3 is 2.88 bits per heavy atom. The van der Waals surface area contributed by atoms with Gasteiger partial charge in [-0.05, 0) is 12.1 Å². The molecule has 0 saturated carbocycles. The van der Waals surface area contributed by atoms with Gasteiger partial charge in [0.2, 0.25) is 5.91 Å². The number of rotatable bonds is 6. The van der Waals surface area contributed by atoms with Crippen LogP contribution in [0.2, 0.25) is 5.02 Å². The van der Waals surface area contributed by atoms with Gasteiger partial charge in [0.25, 0.3) is 0 Å². The second-order valence-electron chi connectivity index (χ2n) is 4.39. The van der Waals surface area contributed by atoms with Gasteiger partial charge in [0.15, 0.2) is 23.3 Å². The van der Waals surface area contributed by atoms with E-state index in [1.807, 2.05) is 0 Å². The van der Waals surface area contributed by atoms with Crippen molar-refractivity contribution in [3.63, 3.8) is 0 Å². The molecule has 0 spiro atoms. The zero-order valence-electron chi connectivity index (χ0n) is 12.9. The number of benzene rings is 1. The summed E-state index contributed by atoms with van der Waals surface area (Å²) in [7, 11) is 2.71. The van der Waals surface area contributed by atoms with Gasteiger partial charge >= 0.3 is 5.97 Å². The summed E-state index contributed by atoms with van der Waals surface area (Å²) in [5.41, 5.74) is 0.612. The van der Waals surface area contributed by atoms with Crippen molar-refractivity contribution in [2.75, 3.05) is 26.6 Å². The van der Waals surface area contributed by atoms with Gasteiger partial charge in [-0.25, -0.2) is 4.79 Å². The molecule has 128 valence electrons. The van der Waals surface area contributed by atoms with Crippen LogP contribution < -0.4 is 14.8 Å². The fourth-order valence-corrected chi connectivity index (χ4v) is 2.58. The number of nitrogens with one attached hydrogen (secondary N) is 1. The van der Waals surface area contributed by atoms with Crippen LogP contribution in [-0.2, 0) is 14.3 Å². The smallest absolute Gasteiger partial charge is 0.343 e. The minimum Gasteiger partial charge on any atom is -0.493 e. The van der Waals surface area contributed by atoms with Crippen molar-refractivity contribution in [1.29, 1.82) is 0 Å². The molecular formula is C14H14ClN3O5S. The third-order valence-electron chi connectivity index (χ3n) is 2.76. The molecule has 0 atom stereocenters. The highest BCUT2D eigenvalue weighted by molar-refractivity contribution is 8.15. The Labute approximate surface area is 147 Å². The Kier molecular flexibility index (Phi) is 6.44. The summed E-state index contributed by atoms with van der Waals surface area (Å²) in [5, 5.41) is 11.0. The molecule has 10 heteroatoms. The van der Waals surface area contributed by atoms with Gasteiger partial charge in [-0.3, -0.25) is 4.79 Å². The van der Waals surface area contributed by atoms with Crippen molar-refractivity contribution in [3.05, 3.63) is 22.7 Å². The van der Waals surface area contributed by atoms with E-state index >= 15 is 0 Å². The zero-order valence-corrected chi connectivity index (χ0v) is 14.4. The molecule has 1 heterocycles. The highest BCUT2D eigenvalue weighted by Crippen LogP contribution is 2.36. The quantitative estimate of drug-likeness (QED) is 0.461. The van der Waals surface area contributed by atoms with Crippen LogP contribution in [-0.4, -0.2) is 49.8 Å². The van der Waals surface area contributed by atoms with Crippen LogP contribution in [0.1, 0.15) is 5.56 Å². The first kappa shape index (κ1) is 18.1. The number of carbonyl (C=O) groups excluding carboxylic acids is 2. The molecule has 1 fully saturated rings. The molecule has 1 aromatic carbocycles. The van der Waals surface area contributed by atoms with E-state index in [4.69, 9.17) is 21.1 Å². The first-order valence-electron chi connectivity index (χ1n) is 6.64. The lowest BCUT2D eigenvalue weighted by atomic mass is 10.2. The van der Waals surface area contributed by atoms with E-state index in [0.29, 0.717) is 22.2 Å². The number of esters is 1. The first-order valence-corrected chi connectivity index (χ1v) is 8.00. The minimum absolute atomic E-state index is 0.106. The number of nitrogens with zero attached hydrogens (tertiary/aromatic N) is 2. The number of carbonyl (C=O) groups is 2. The van der Waals surface area contributed by atoms with E-state index < -0.39 is 5.97 Å². The van der Waals surface area contributed by atoms with Gasteiger partial charge in [-0.15, -0.1) is 5.10 Å². The van der Waals surface area contributed by atoms with Gasteiger partial charge in [-0.2, -0.15) is 5.10 Å². The number of hydrogen-bond acceptors (Lipinski definition) is 8. The van der Waals surface area contributed by atoms with E-state index in [1.54, 1.807) is 12.1 Å². The molecule has 0 aliphatic carbocycles. The zero-order chi connectivity index (χ0) is 17.5. The van der Waals surface area contributed by atoms with Gasteiger partial charge in [0.05, 0.1) is 31.2 Å². The summed E-state index contributed by atoms with van der Waals surface area (Å²) in [6, 6.07) is 3.21. The van der Waals surface area contributed by atoms with Gasteiger partial charge in [0.1, 0.15) is 0 Å². The van der Waals surface area contributed by atoms with Crippen molar-refractivity contribution in [3.8, 4) is 11.5 Å². The fraction of sp³-hybridized carbons (Fsp3) is 0.286. The maximum absolute atomic E-state index is 11.2. The van der Waals surface area contributed by atoms with Crippen molar-refractivity contribution in [2.45, 2.75) is 0 Å². The Morgan fingerprint density at radius 2 is 2.25 bits per heavy atom. The second kappa shape index (κ2) is 8.55. The van der Waals surface area contributed by atoms with Crippen LogP contribution in [0.4, 0.5) is 0 Å². The van der Waals surface area contributed by atoms with Crippen molar-refractivity contribution in [2.24, 2.45) is 10.2 Å². The molecule has 1 aliphatic rings. The molecule has 1 amide bonds. The fourth-order valence-electron chi connectivity index (χ4n) is 1.67. The molecule has 0 bridgehead atoms. The van der Waals surface area contributed by atoms with Gasteiger partial charge in [-0.1, -0.05) is 23.4 Å². The number of ether oxygens (including phenoxy) is 3. The van der Waals surface area contributed by atoms with Crippen molar-refractivity contribution < 1.29 is 23.8 Å². The number of amides is 1. The molecule has 0 aromatic heterocycles. The largest absolute Gasteiger partial charge is 0.493 e. The van der Waals surface area contributed by atoms with E-state index in [-0.39, 0.29) is 23.3 Å². The molecule has 1 N–H and O–H groups in total. The number of amidine groups is 1. The van der Waals surface area contributed by atoms with E-state index in [2.05, 4.69) is 20.3 Å². The summed E-state index contributed by atoms with van der Waals surface area (Å²) in [5.74, 6) is 0.257. The standard InChI is InChI=1S/C14H14ClN3O5S/c1-21-10-4-8(5-16-18-14-17-11(19)7-24-14)3-9(15)13(10)23-6-12(20)22-2/h3-5H,6-7H2,1-2H3,(H,17,18,19). The molecular weight excluding hydrogens is 358 g/mol. The normalized spacial score (nSPS) is 15.6. The summed E-state index contributed by atoms with van der Waals surface area (Å²) >= 11 is 7.42. The third kappa shape index (κ3) is 4.87. The summed E-state index contributed by atoms with van der Waals surface area (Å²) in [6.07, 6.45) is 1.45. The van der Waals surface area contributed by atoms with Crippen molar-refractivity contribution in [1.82, 2.24) is 5.32 Å². The summed E-state index contributed by atoms with van der Waals surface area (Å²) in [4.78, 5) is 22.2. The van der Waals surface area contributed by atoms with Gasteiger partial charge in [0, 0.05) is 5.56 Å². The van der Waals surface area contributed by atoms with Crippen LogP contribution in [0.15, 0.2) is 22.3 Å². The predicted molar refractivity (Wildman–Crippen MR) is 91.1 cm³/mol. The third-order valence-corrected chi connectivity index (χ3v) is 3.90. The Balaban J connectivity index is 2.13. The number of halogens is 1. The molecule has 0 unspecified atom stereocenters. The van der Waals surface area contributed by atoms with Crippen LogP contribution in [0, 0.1) is 0 Å². The maximum atomic E-state index is 11.2. The Hall–Kier alpha value is -2.26. The van der Waals surface area contributed by atoms with E-state index in [1.165, 1.54) is 32.2 Å². The lowest BCUT2D eigenvalue weighted by Crippen LogP contribution is -2.19. The molecule has 0 radical (unpaired) electrons. The molecule has 1 aliphatic heterocycles. The Morgan fingerprint density at radius 1 is 1.46 bits per heavy atom. The lowest BCUT2D eigenvalue weighted by Gasteiger charge is -2.12. The molecule has 1 aromatic rings. The lowest BCUT2D eigenvalue weighted by molar-refractivity contribution is -0.142. The number of hydrogen-bond donors (Lipinski definition) is 1. The molecule has 1 saturated heterocycles. The van der Waals surface area contributed by atoms with Crippen LogP contribution in [0.5, 0.6) is 11.5 Å². The van der Waals surface area contributed by atoms with E-state index in [0.717, 1.165) is 0 Å². The van der Waals surface area contributed by atoms with Crippen molar-refractivity contribution >= 4 is 46.6 Å². The summed E-state index contributed by atoms with van der Waals surface area (Å²) in [6.45, 7) is -0.287. The highest BCUT2D eigenvalue weighted by Gasteiger charge is 2.16. The van der Waals surface area contributed by atoms with E-state index in [9.17, 15) is 9.59 Å². The average molecular weight is 372 g/mol. The highest BCUT2D eigenvalue weighted by atomic mass is 35.5. The second-order valence-corrected chi connectivity index (χ2v) is 5.76. The first-order chi connectivity index (χ1) is 11.5. The molecule has 8 nitrogen and oxygen atoms in total. The Bertz CT molecular complexity index is 708. The topological polar surface area (TPSA) is 98.6 Å². The van der Waals surface area contributed by atoms with Crippen LogP contribution >= 0.6 is 23.4 Å². The molecule has 2 rings (SSSR count). The minimum atomic E-state index is -0.536. The summed E-state index contributed by atoms with van der Waals surface area (Å²) < 4.78 is 15.0. The molecule has 24 heavy (non-hydrogen) atoms.